The van der Waals surface area contributed by atoms with Crippen LogP contribution in [0.3, 0.4) is 0 Å². The highest BCUT2D eigenvalue weighted by atomic mass is 32.2. The number of nitrogens with one attached hydrogen (secondary N) is 1. The van der Waals surface area contributed by atoms with Gasteiger partial charge in [-0.2, -0.15) is 0 Å². The molecule has 0 spiro atoms. The fourth-order valence-electron chi connectivity index (χ4n) is 3.91. The smallest absolute Gasteiger partial charge is 0.247 e. The molecule has 3 aromatic carbocycles. The molecule has 4 rings (SSSR count). The first-order valence-electron chi connectivity index (χ1n) is 11.8. The Kier molecular flexibility index (Phi) is 8.68. The number of carbonyl (C=O) groups is 2. The van der Waals surface area contributed by atoms with Crippen molar-refractivity contribution in [2.75, 3.05) is 38.1 Å². The molecule has 1 saturated heterocycles. The third-order valence-corrected chi connectivity index (χ3v) is 6.93. The van der Waals surface area contributed by atoms with Gasteiger partial charge in [0.25, 0.3) is 0 Å². The van der Waals surface area contributed by atoms with E-state index in [2.05, 4.69) is 5.32 Å². The normalized spacial score (nSPS) is 15.6. The topological polar surface area (TPSA) is 89.5 Å². The zero-order valence-corrected chi connectivity index (χ0v) is 21.8. The van der Waals surface area contributed by atoms with E-state index >= 15 is 0 Å². The second kappa shape index (κ2) is 12.3. The first kappa shape index (κ1) is 26.1. The van der Waals surface area contributed by atoms with Crippen molar-refractivity contribution in [2.24, 2.45) is 4.99 Å². The molecule has 9 heteroatoms. The van der Waals surface area contributed by atoms with Crippen LogP contribution in [0.5, 0.6) is 17.2 Å². The number of carbonyl (C=O) groups excluding carboxylic acids is 2. The van der Waals surface area contributed by atoms with E-state index < -0.39 is 5.25 Å². The van der Waals surface area contributed by atoms with Gasteiger partial charge in [-0.15, -0.1) is 0 Å². The number of nitrogens with zero attached hydrogens (tertiary/aromatic N) is 2. The van der Waals surface area contributed by atoms with Gasteiger partial charge in [0.2, 0.25) is 11.8 Å². The number of rotatable bonds is 9. The lowest BCUT2D eigenvalue weighted by atomic mass is 10.1. The molecule has 37 heavy (non-hydrogen) atoms. The highest BCUT2D eigenvalue weighted by Gasteiger charge is 2.40. The van der Waals surface area contributed by atoms with Gasteiger partial charge in [-0.05, 0) is 60.5 Å². The third kappa shape index (κ3) is 6.42. The predicted molar refractivity (Wildman–Crippen MR) is 147 cm³/mol. The molecule has 0 aromatic heterocycles. The zero-order chi connectivity index (χ0) is 26.2. The summed E-state index contributed by atoms with van der Waals surface area (Å²) in [5, 5.41) is 3.31. The Bertz CT molecular complexity index is 1260. The van der Waals surface area contributed by atoms with Gasteiger partial charge >= 0.3 is 0 Å². The third-order valence-electron chi connectivity index (χ3n) is 5.82. The van der Waals surface area contributed by atoms with Crippen LogP contribution >= 0.6 is 11.8 Å². The SMILES string of the molecule is COc1ccc(N2C(=O)C[C@@H](SC(=NCCc3ccc(OC)c(OC)c3)Nc3ccccc3)C2=O)cc1. The Morgan fingerprint density at radius 3 is 2.35 bits per heavy atom. The van der Waals surface area contributed by atoms with E-state index in [1.54, 1.807) is 45.6 Å². The molecule has 192 valence electrons. The van der Waals surface area contributed by atoms with Gasteiger partial charge in [0, 0.05) is 18.7 Å². The fraction of sp³-hybridized carbons (Fsp3) is 0.250. The van der Waals surface area contributed by atoms with Crippen molar-refractivity contribution in [2.45, 2.75) is 18.1 Å². The van der Waals surface area contributed by atoms with Gasteiger partial charge in [0.1, 0.15) is 11.0 Å². The number of amidine groups is 1. The lowest BCUT2D eigenvalue weighted by Crippen LogP contribution is -2.31. The average molecular weight is 520 g/mol. The molecule has 2 amide bonds. The van der Waals surface area contributed by atoms with Crippen LogP contribution < -0.4 is 24.4 Å². The molecule has 0 saturated carbocycles. The number of thioether (sulfide) groups is 1. The fourth-order valence-corrected chi connectivity index (χ4v) is 4.95. The summed E-state index contributed by atoms with van der Waals surface area (Å²) in [6.45, 7) is 0.481. The van der Waals surface area contributed by atoms with Crippen LogP contribution in [-0.4, -0.2) is 50.1 Å². The zero-order valence-electron chi connectivity index (χ0n) is 21.0. The monoisotopic (exact) mass is 519 g/mol. The summed E-state index contributed by atoms with van der Waals surface area (Å²) >= 11 is 1.27. The molecular weight excluding hydrogens is 490 g/mol. The van der Waals surface area contributed by atoms with Crippen molar-refractivity contribution in [3.63, 3.8) is 0 Å². The number of para-hydroxylation sites is 1. The molecule has 1 aliphatic heterocycles. The number of hydrogen-bond acceptors (Lipinski definition) is 7. The highest BCUT2D eigenvalue weighted by molar-refractivity contribution is 8.15. The second-order valence-electron chi connectivity index (χ2n) is 8.19. The molecule has 1 atom stereocenters. The first-order chi connectivity index (χ1) is 18.0. The van der Waals surface area contributed by atoms with Crippen LogP contribution in [0.2, 0.25) is 0 Å². The number of imide groups is 1. The molecular formula is C28H29N3O5S. The Morgan fingerprint density at radius 2 is 1.68 bits per heavy atom. The van der Waals surface area contributed by atoms with E-state index in [9.17, 15) is 9.59 Å². The molecule has 0 bridgehead atoms. The van der Waals surface area contributed by atoms with Crippen molar-refractivity contribution < 1.29 is 23.8 Å². The van der Waals surface area contributed by atoms with Crippen molar-refractivity contribution in [3.8, 4) is 17.2 Å². The minimum Gasteiger partial charge on any atom is -0.497 e. The van der Waals surface area contributed by atoms with E-state index in [0.717, 1.165) is 11.3 Å². The number of ether oxygens (including phenoxy) is 3. The second-order valence-corrected chi connectivity index (χ2v) is 9.38. The quantitative estimate of drug-likeness (QED) is 0.247. The minimum atomic E-state index is -0.578. The number of anilines is 2. The van der Waals surface area contributed by atoms with E-state index in [0.29, 0.717) is 41.1 Å². The number of benzene rings is 3. The van der Waals surface area contributed by atoms with Crippen molar-refractivity contribution >= 4 is 40.1 Å². The van der Waals surface area contributed by atoms with Crippen LogP contribution in [-0.2, 0) is 16.0 Å². The lowest BCUT2D eigenvalue weighted by Gasteiger charge is -2.16. The summed E-state index contributed by atoms with van der Waals surface area (Å²) in [5.74, 6) is 1.49. The largest absolute Gasteiger partial charge is 0.497 e. The maximum atomic E-state index is 13.2. The van der Waals surface area contributed by atoms with Gasteiger partial charge in [0.15, 0.2) is 16.7 Å². The predicted octanol–water partition coefficient (Wildman–Crippen LogP) is 4.79. The Morgan fingerprint density at radius 1 is 0.946 bits per heavy atom. The van der Waals surface area contributed by atoms with Gasteiger partial charge < -0.3 is 19.5 Å². The van der Waals surface area contributed by atoms with Crippen molar-refractivity contribution in [1.29, 1.82) is 0 Å². The summed E-state index contributed by atoms with van der Waals surface area (Å²) in [6.07, 6.45) is 0.761. The first-order valence-corrected chi connectivity index (χ1v) is 12.6. The molecule has 0 radical (unpaired) electrons. The number of methoxy groups -OCH3 is 3. The average Bonchev–Trinajstić information content (AvgIpc) is 3.21. The van der Waals surface area contributed by atoms with Crippen molar-refractivity contribution in [1.82, 2.24) is 0 Å². The van der Waals surface area contributed by atoms with Gasteiger partial charge in [-0.3, -0.25) is 14.6 Å². The van der Waals surface area contributed by atoms with Crippen LogP contribution in [0.15, 0.2) is 77.8 Å². The Hall–Kier alpha value is -3.98. The standard InChI is InChI=1S/C28H29N3O5S/c1-34-22-12-10-21(11-13-22)31-26(32)18-25(27(31)33)37-28(30-20-7-5-4-6-8-20)29-16-15-19-9-14-23(35-2)24(17-19)36-3/h4-14,17,25H,15-16,18H2,1-3H3,(H,29,30)/t25-/m1/s1. The molecule has 0 aliphatic carbocycles. The van der Waals surface area contributed by atoms with Gasteiger partial charge in [0.05, 0.1) is 27.0 Å². The van der Waals surface area contributed by atoms with Crippen LogP contribution in [0, 0.1) is 0 Å². The number of hydrogen-bond donors (Lipinski definition) is 1. The summed E-state index contributed by atoms with van der Waals surface area (Å²) in [6, 6.07) is 22.3. The minimum absolute atomic E-state index is 0.0979. The summed E-state index contributed by atoms with van der Waals surface area (Å²) < 4.78 is 15.9. The van der Waals surface area contributed by atoms with E-state index in [1.165, 1.54) is 16.7 Å². The van der Waals surface area contributed by atoms with E-state index in [4.69, 9.17) is 19.2 Å². The lowest BCUT2D eigenvalue weighted by molar-refractivity contribution is -0.121. The molecule has 3 aromatic rings. The maximum Gasteiger partial charge on any atom is 0.247 e. The van der Waals surface area contributed by atoms with Crippen LogP contribution in [0.4, 0.5) is 11.4 Å². The molecule has 1 aliphatic rings. The highest BCUT2D eigenvalue weighted by Crippen LogP contribution is 2.32. The van der Waals surface area contributed by atoms with Crippen LogP contribution in [0.1, 0.15) is 12.0 Å². The summed E-state index contributed by atoms with van der Waals surface area (Å²) in [5.41, 5.74) is 2.42. The molecule has 1 heterocycles. The van der Waals surface area contributed by atoms with Crippen LogP contribution in [0.25, 0.3) is 0 Å². The van der Waals surface area contributed by atoms with Gasteiger partial charge in [-0.1, -0.05) is 36.0 Å². The Balaban J connectivity index is 1.49. The van der Waals surface area contributed by atoms with E-state index in [1.807, 2.05) is 48.5 Å². The number of amides is 2. The molecule has 1 fully saturated rings. The molecule has 0 unspecified atom stereocenters. The van der Waals surface area contributed by atoms with Gasteiger partial charge in [-0.25, -0.2) is 4.90 Å². The summed E-state index contributed by atoms with van der Waals surface area (Å²) in [4.78, 5) is 32.0. The molecule has 1 N–H and O–H groups in total. The maximum absolute atomic E-state index is 13.2. The summed E-state index contributed by atoms with van der Waals surface area (Å²) in [7, 11) is 4.78. The van der Waals surface area contributed by atoms with Crippen molar-refractivity contribution in [3.05, 3.63) is 78.4 Å². The molecule has 8 nitrogen and oxygen atoms in total. The number of aliphatic imine (C=N–C) groups is 1. The van der Waals surface area contributed by atoms with E-state index in [-0.39, 0.29) is 18.2 Å². The Labute approximate surface area is 220 Å².